The summed E-state index contributed by atoms with van der Waals surface area (Å²) in [6.07, 6.45) is 9.15. The van der Waals surface area contributed by atoms with Crippen molar-refractivity contribution in [1.82, 2.24) is 0 Å². The van der Waals surface area contributed by atoms with Gasteiger partial charge in [-0.1, -0.05) is 27.7 Å². The summed E-state index contributed by atoms with van der Waals surface area (Å²) >= 11 is 0. The highest BCUT2D eigenvalue weighted by molar-refractivity contribution is 5.74. The van der Waals surface area contributed by atoms with Crippen molar-refractivity contribution in [1.29, 1.82) is 0 Å². The van der Waals surface area contributed by atoms with Crippen LogP contribution < -0.4 is 0 Å². The fourth-order valence-electron chi connectivity index (χ4n) is 9.59. The Labute approximate surface area is 198 Å². The van der Waals surface area contributed by atoms with Crippen molar-refractivity contribution < 1.29 is 20.1 Å². The molecular formula is C29H42O4. The van der Waals surface area contributed by atoms with Crippen molar-refractivity contribution in [2.45, 2.75) is 105 Å². The van der Waals surface area contributed by atoms with Crippen LogP contribution in [-0.4, -0.2) is 21.3 Å². The number of phenols is 2. The van der Waals surface area contributed by atoms with Crippen LogP contribution in [0.25, 0.3) is 0 Å². The van der Waals surface area contributed by atoms with E-state index in [0.29, 0.717) is 11.8 Å². The first kappa shape index (κ1) is 23.1. The molecule has 3 fully saturated rings. The summed E-state index contributed by atoms with van der Waals surface area (Å²) in [6.45, 7) is 13.8. The molecule has 4 nitrogen and oxygen atoms in total. The molecule has 0 spiro atoms. The lowest BCUT2D eigenvalue weighted by atomic mass is 9.32. The highest BCUT2D eigenvalue weighted by atomic mass is 16.4. The van der Waals surface area contributed by atoms with Crippen LogP contribution >= 0.6 is 0 Å². The second-order valence-electron chi connectivity index (χ2n) is 13.5. The van der Waals surface area contributed by atoms with Gasteiger partial charge in [-0.05, 0) is 128 Å². The van der Waals surface area contributed by atoms with Gasteiger partial charge in [0.2, 0.25) is 0 Å². The van der Waals surface area contributed by atoms with E-state index in [2.05, 4.69) is 27.7 Å². The Bertz CT molecular complexity index is 1030. The average molecular weight is 455 g/mol. The van der Waals surface area contributed by atoms with Gasteiger partial charge < -0.3 is 15.3 Å². The van der Waals surface area contributed by atoms with E-state index >= 15 is 0 Å². The molecule has 7 atom stereocenters. The van der Waals surface area contributed by atoms with Crippen LogP contribution in [0.5, 0.6) is 11.5 Å². The fraction of sp³-hybridized carbons (Fsp3) is 0.759. The Morgan fingerprint density at radius 2 is 1.52 bits per heavy atom. The number of carboxylic acids is 1. The van der Waals surface area contributed by atoms with E-state index in [1.54, 1.807) is 0 Å². The van der Waals surface area contributed by atoms with E-state index in [0.717, 1.165) is 50.5 Å². The molecule has 4 aliphatic carbocycles. The van der Waals surface area contributed by atoms with Gasteiger partial charge in [0, 0.05) is 0 Å². The predicted molar refractivity (Wildman–Crippen MR) is 130 cm³/mol. The van der Waals surface area contributed by atoms with Crippen LogP contribution in [0.1, 0.15) is 103 Å². The minimum Gasteiger partial charge on any atom is -0.504 e. The van der Waals surface area contributed by atoms with E-state index in [1.165, 1.54) is 24.0 Å². The first-order chi connectivity index (χ1) is 15.2. The van der Waals surface area contributed by atoms with Gasteiger partial charge in [0.1, 0.15) is 0 Å². The van der Waals surface area contributed by atoms with E-state index in [9.17, 15) is 20.1 Å². The van der Waals surface area contributed by atoms with Crippen molar-refractivity contribution in [2.24, 2.45) is 33.5 Å². The number of aromatic hydroxyl groups is 2. The number of carboxylic acid groups (broad SMARTS) is 1. The maximum Gasteiger partial charge on any atom is 0.309 e. The van der Waals surface area contributed by atoms with Gasteiger partial charge in [0.15, 0.2) is 11.5 Å². The molecular weight excluding hydrogens is 412 g/mol. The molecule has 0 aliphatic heterocycles. The number of benzene rings is 1. The van der Waals surface area contributed by atoms with Gasteiger partial charge in [-0.2, -0.15) is 0 Å². The molecule has 4 aliphatic rings. The third kappa shape index (κ3) is 2.73. The number of rotatable bonds is 1. The van der Waals surface area contributed by atoms with Gasteiger partial charge >= 0.3 is 5.97 Å². The number of hydrogen-bond acceptors (Lipinski definition) is 3. The molecule has 7 unspecified atom stereocenters. The first-order valence-corrected chi connectivity index (χ1v) is 13.0. The van der Waals surface area contributed by atoms with Crippen LogP contribution in [0.4, 0.5) is 0 Å². The molecule has 0 amide bonds. The number of fused-ring (bicyclic) bond motifs is 7. The highest BCUT2D eigenvalue weighted by Gasteiger charge is 2.68. The molecule has 4 heteroatoms. The number of carbonyl (C=O) groups is 1. The number of hydrogen-bond donors (Lipinski definition) is 3. The Morgan fingerprint density at radius 3 is 2.18 bits per heavy atom. The summed E-state index contributed by atoms with van der Waals surface area (Å²) in [4.78, 5) is 12.3. The molecule has 182 valence electrons. The largest absolute Gasteiger partial charge is 0.504 e. The van der Waals surface area contributed by atoms with Crippen molar-refractivity contribution >= 4 is 5.97 Å². The molecule has 0 saturated heterocycles. The summed E-state index contributed by atoms with van der Waals surface area (Å²) < 4.78 is 0. The maximum absolute atomic E-state index is 12.3. The molecule has 33 heavy (non-hydrogen) atoms. The summed E-state index contributed by atoms with van der Waals surface area (Å²) in [5, 5.41) is 31.0. The standard InChI is InChI=1S/C29H42O4/c1-17-18-7-8-21-27(4,19(18)15-20(30)23(17)31)12-14-29(6)22-16-26(3,24(32)33)10-9-25(22,2)11-13-28(21,29)5/h15,21-22,30-31H,7-14,16H2,1-6H3,(H,32,33). The normalized spacial score (nSPS) is 46.5. The van der Waals surface area contributed by atoms with Gasteiger partial charge in [-0.15, -0.1) is 0 Å². The third-order valence-electron chi connectivity index (χ3n) is 12.2. The number of phenolic OH excluding ortho intramolecular Hbond substituents is 2. The van der Waals surface area contributed by atoms with Crippen molar-refractivity contribution in [3.8, 4) is 11.5 Å². The SMILES string of the molecule is Cc1c(O)c(O)cc2c1CCC1C2(C)CCC2(C)C3CC(C)(C(=O)O)CCC3(C)CCC12C. The minimum absolute atomic E-state index is 0.00679. The zero-order chi connectivity index (χ0) is 24.2. The molecule has 0 bridgehead atoms. The summed E-state index contributed by atoms with van der Waals surface area (Å²) in [5.74, 6) is 0.318. The van der Waals surface area contributed by atoms with E-state index in [1.807, 2.05) is 19.9 Å². The summed E-state index contributed by atoms with van der Waals surface area (Å²) in [6, 6.07) is 1.85. The van der Waals surface area contributed by atoms with E-state index in [-0.39, 0.29) is 33.2 Å². The molecule has 0 radical (unpaired) electrons. The monoisotopic (exact) mass is 454 g/mol. The Kier molecular flexibility index (Phi) is 4.68. The third-order valence-corrected chi connectivity index (χ3v) is 12.2. The van der Waals surface area contributed by atoms with Crippen molar-refractivity contribution in [3.63, 3.8) is 0 Å². The summed E-state index contributed by atoms with van der Waals surface area (Å²) in [7, 11) is 0. The molecule has 1 aromatic carbocycles. The maximum atomic E-state index is 12.3. The van der Waals surface area contributed by atoms with E-state index < -0.39 is 11.4 Å². The number of aliphatic carboxylic acids is 1. The molecule has 0 heterocycles. The highest BCUT2D eigenvalue weighted by Crippen LogP contribution is 2.75. The quantitative estimate of drug-likeness (QED) is 0.411. The topological polar surface area (TPSA) is 77.8 Å². The molecule has 0 aromatic heterocycles. The zero-order valence-corrected chi connectivity index (χ0v) is 21.3. The van der Waals surface area contributed by atoms with Gasteiger partial charge in [0.05, 0.1) is 5.41 Å². The van der Waals surface area contributed by atoms with Gasteiger partial charge in [-0.25, -0.2) is 0 Å². The van der Waals surface area contributed by atoms with Crippen LogP contribution in [-0.2, 0) is 16.6 Å². The average Bonchev–Trinajstić information content (AvgIpc) is 2.75. The lowest BCUT2D eigenvalue weighted by Gasteiger charge is -2.72. The van der Waals surface area contributed by atoms with E-state index in [4.69, 9.17) is 0 Å². The van der Waals surface area contributed by atoms with Crippen LogP contribution in [0.15, 0.2) is 6.07 Å². The van der Waals surface area contributed by atoms with Gasteiger partial charge in [0.25, 0.3) is 0 Å². The fourth-order valence-corrected chi connectivity index (χ4v) is 9.59. The van der Waals surface area contributed by atoms with Crippen molar-refractivity contribution in [2.75, 3.05) is 0 Å². The van der Waals surface area contributed by atoms with Crippen LogP contribution in [0, 0.1) is 40.4 Å². The molecule has 3 N–H and O–H groups in total. The van der Waals surface area contributed by atoms with Crippen LogP contribution in [0.2, 0.25) is 0 Å². The second kappa shape index (κ2) is 6.70. The lowest BCUT2D eigenvalue weighted by molar-refractivity contribution is -0.214. The molecule has 1 aromatic rings. The predicted octanol–water partition coefficient (Wildman–Crippen LogP) is 6.72. The second-order valence-corrected chi connectivity index (χ2v) is 13.5. The van der Waals surface area contributed by atoms with Gasteiger partial charge in [-0.3, -0.25) is 4.79 Å². The first-order valence-electron chi connectivity index (χ1n) is 13.0. The lowest BCUT2D eigenvalue weighted by Crippen LogP contribution is -2.65. The smallest absolute Gasteiger partial charge is 0.309 e. The molecule has 5 rings (SSSR count). The van der Waals surface area contributed by atoms with Crippen molar-refractivity contribution in [3.05, 3.63) is 22.8 Å². The Hall–Kier alpha value is -1.71. The summed E-state index contributed by atoms with van der Waals surface area (Å²) in [5.41, 5.74) is 3.11. The molecule has 3 saturated carbocycles. The minimum atomic E-state index is -0.626. The Morgan fingerprint density at radius 1 is 0.909 bits per heavy atom. The zero-order valence-electron chi connectivity index (χ0n) is 21.3. The van der Waals surface area contributed by atoms with Crippen LogP contribution in [0.3, 0.4) is 0 Å². The Balaban J connectivity index is 1.61.